The van der Waals surface area contributed by atoms with E-state index >= 15 is 0 Å². The molecule has 26 heavy (non-hydrogen) atoms. The van der Waals surface area contributed by atoms with Gasteiger partial charge in [-0.25, -0.2) is 9.78 Å². The second kappa shape index (κ2) is 7.47. The number of carboxylic acids is 1. The molecule has 138 valence electrons. The number of anilines is 1. The molecule has 1 amide bonds. The average Bonchev–Trinajstić information content (AvgIpc) is 3.02. The van der Waals surface area contributed by atoms with Gasteiger partial charge in [-0.3, -0.25) is 4.79 Å². The second-order valence-corrected chi connectivity index (χ2v) is 6.09. The van der Waals surface area contributed by atoms with Crippen LogP contribution in [0.1, 0.15) is 34.7 Å². The maximum Gasteiger partial charge on any atom is 0.335 e. The molecule has 0 spiro atoms. The Morgan fingerprint density at radius 1 is 1.27 bits per heavy atom. The number of methoxy groups -OCH3 is 2. The fraction of sp³-hybridized carbons (Fsp3) is 0.389. The number of benzene rings is 1. The number of carbonyl (C=O) groups excluding carboxylic acids is 1. The van der Waals surface area contributed by atoms with Gasteiger partial charge in [0.05, 0.1) is 37.6 Å². The third kappa shape index (κ3) is 3.63. The highest BCUT2D eigenvalue weighted by Gasteiger charge is 2.19. The fourth-order valence-corrected chi connectivity index (χ4v) is 3.10. The van der Waals surface area contributed by atoms with E-state index in [4.69, 9.17) is 9.47 Å². The molecule has 0 aliphatic carbocycles. The number of hydrogen-bond donors (Lipinski definition) is 2. The van der Waals surface area contributed by atoms with Crippen molar-refractivity contribution in [2.24, 2.45) is 0 Å². The molecule has 0 unspecified atom stereocenters. The first-order valence-electron chi connectivity index (χ1n) is 8.36. The van der Waals surface area contributed by atoms with E-state index in [0.29, 0.717) is 5.69 Å². The molecule has 8 nitrogen and oxygen atoms in total. The summed E-state index contributed by atoms with van der Waals surface area (Å²) in [7, 11) is 2.84. The Balaban J connectivity index is 1.80. The van der Waals surface area contributed by atoms with Crippen LogP contribution in [0.25, 0.3) is 0 Å². The fourth-order valence-electron chi connectivity index (χ4n) is 3.10. The number of aryl methyl sites for hydroxylation is 2. The normalized spacial score (nSPS) is 13.0. The van der Waals surface area contributed by atoms with Gasteiger partial charge in [-0.1, -0.05) is 0 Å². The molecule has 2 N–H and O–H groups in total. The van der Waals surface area contributed by atoms with E-state index in [-0.39, 0.29) is 35.1 Å². The van der Waals surface area contributed by atoms with E-state index < -0.39 is 5.97 Å². The largest absolute Gasteiger partial charge is 0.493 e. The lowest BCUT2D eigenvalue weighted by molar-refractivity contribution is -0.115. The first-order valence-corrected chi connectivity index (χ1v) is 8.36. The zero-order valence-electron chi connectivity index (χ0n) is 14.7. The smallest absolute Gasteiger partial charge is 0.335 e. The number of nitrogens with one attached hydrogen (secondary N) is 1. The van der Waals surface area contributed by atoms with Gasteiger partial charge in [-0.15, -0.1) is 0 Å². The molecule has 1 aromatic carbocycles. The molecule has 0 radical (unpaired) electrons. The van der Waals surface area contributed by atoms with Crippen LogP contribution in [0.5, 0.6) is 11.5 Å². The van der Waals surface area contributed by atoms with Crippen LogP contribution in [-0.2, 0) is 24.2 Å². The van der Waals surface area contributed by atoms with E-state index in [1.807, 2.05) is 6.20 Å². The zero-order valence-corrected chi connectivity index (χ0v) is 14.7. The number of amides is 1. The Morgan fingerprint density at radius 2 is 2.08 bits per heavy atom. The van der Waals surface area contributed by atoms with Crippen molar-refractivity contribution in [3.8, 4) is 11.5 Å². The SMILES string of the molecule is COc1cc(C(=O)O)cc(NC(=O)Cc2cn3c(n2)CCCC3)c1OC. The van der Waals surface area contributed by atoms with Crippen molar-refractivity contribution in [2.45, 2.75) is 32.2 Å². The molecule has 1 aliphatic heterocycles. The van der Waals surface area contributed by atoms with Crippen LogP contribution in [0.3, 0.4) is 0 Å². The van der Waals surface area contributed by atoms with Crippen LogP contribution in [0.15, 0.2) is 18.3 Å². The summed E-state index contributed by atoms with van der Waals surface area (Å²) >= 11 is 0. The highest BCUT2D eigenvalue weighted by atomic mass is 16.5. The molecule has 0 atom stereocenters. The van der Waals surface area contributed by atoms with Crippen molar-refractivity contribution in [3.05, 3.63) is 35.4 Å². The Labute approximate surface area is 150 Å². The molecular weight excluding hydrogens is 338 g/mol. The molecule has 2 aromatic rings. The topological polar surface area (TPSA) is 103 Å². The van der Waals surface area contributed by atoms with E-state index in [2.05, 4.69) is 14.9 Å². The third-order valence-corrected chi connectivity index (χ3v) is 4.30. The third-order valence-electron chi connectivity index (χ3n) is 4.30. The quantitative estimate of drug-likeness (QED) is 0.819. The van der Waals surface area contributed by atoms with Gasteiger partial charge in [-0.05, 0) is 25.0 Å². The highest BCUT2D eigenvalue weighted by molar-refractivity contribution is 5.97. The summed E-state index contributed by atoms with van der Waals surface area (Å²) in [4.78, 5) is 28.2. The number of fused-ring (bicyclic) bond motifs is 1. The molecule has 0 fully saturated rings. The average molecular weight is 359 g/mol. The molecule has 1 aromatic heterocycles. The van der Waals surface area contributed by atoms with Gasteiger partial charge in [0.15, 0.2) is 11.5 Å². The lowest BCUT2D eigenvalue weighted by atomic mass is 10.1. The maximum atomic E-state index is 12.4. The number of carboxylic acid groups (broad SMARTS) is 1. The maximum absolute atomic E-state index is 12.4. The molecular formula is C18H21N3O5. The molecule has 1 aliphatic rings. The number of hydrogen-bond acceptors (Lipinski definition) is 5. The zero-order chi connectivity index (χ0) is 18.7. The monoisotopic (exact) mass is 359 g/mol. The predicted molar refractivity (Wildman–Crippen MR) is 94.0 cm³/mol. The predicted octanol–water partition coefficient (Wildman–Crippen LogP) is 2.12. The summed E-state index contributed by atoms with van der Waals surface area (Å²) in [5.74, 6) is 0.0906. The van der Waals surface area contributed by atoms with Crippen molar-refractivity contribution in [1.82, 2.24) is 9.55 Å². The summed E-state index contributed by atoms with van der Waals surface area (Å²) in [5.41, 5.74) is 0.938. The van der Waals surface area contributed by atoms with E-state index in [9.17, 15) is 14.7 Å². The summed E-state index contributed by atoms with van der Waals surface area (Å²) in [5, 5.41) is 11.9. The van der Waals surface area contributed by atoms with Gasteiger partial charge >= 0.3 is 5.97 Å². The van der Waals surface area contributed by atoms with Crippen molar-refractivity contribution in [2.75, 3.05) is 19.5 Å². The van der Waals surface area contributed by atoms with Gasteiger partial charge in [-0.2, -0.15) is 0 Å². The van der Waals surface area contributed by atoms with Crippen LogP contribution in [-0.4, -0.2) is 40.8 Å². The number of imidazole rings is 1. The lowest BCUT2D eigenvalue weighted by Crippen LogP contribution is -2.16. The lowest BCUT2D eigenvalue weighted by Gasteiger charge is -2.14. The first-order chi connectivity index (χ1) is 12.5. The van der Waals surface area contributed by atoms with Crippen LogP contribution < -0.4 is 14.8 Å². The van der Waals surface area contributed by atoms with Crippen LogP contribution in [0, 0.1) is 0 Å². The Bertz CT molecular complexity index is 820. The number of aromatic carboxylic acids is 1. The molecule has 0 saturated carbocycles. The molecule has 8 heteroatoms. The van der Waals surface area contributed by atoms with E-state index in [1.165, 1.54) is 26.4 Å². The molecule has 3 rings (SSSR count). The molecule has 0 saturated heterocycles. The van der Waals surface area contributed by atoms with Gasteiger partial charge < -0.3 is 24.5 Å². The summed E-state index contributed by atoms with van der Waals surface area (Å²) in [6.45, 7) is 0.926. The van der Waals surface area contributed by atoms with E-state index in [1.54, 1.807) is 0 Å². The van der Waals surface area contributed by atoms with Gasteiger partial charge in [0.2, 0.25) is 5.91 Å². The van der Waals surface area contributed by atoms with Crippen molar-refractivity contribution < 1.29 is 24.2 Å². The highest BCUT2D eigenvalue weighted by Crippen LogP contribution is 2.36. The molecule has 0 bridgehead atoms. The number of nitrogens with zero attached hydrogens (tertiary/aromatic N) is 2. The van der Waals surface area contributed by atoms with Crippen LogP contribution in [0.2, 0.25) is 0 Å². The van der Waals surface area contributed by atoms with Gasteiger partial charge in [0, 0.05) is 19.2 Å². The minimum absolute atomic E-state index is 0.00425. The minimum Gasteiger partial charge on any atom is -0.493 e. The van der Waals surface area contributed by atoms with Gasteiger partial charge in [0.25, 0.3) is 0 Å². The number of rotatable bonds is 6. The summed E-state index contributed by atoms with van der Waals surface area (Å²) in [6.07, 6.45) is 5.16. The van der Waals surface area contributed by atoms with Crippen molar-refractivity contribution >= 4 is 17.6 Å². The Morgan fingerprint density at radius 3 is 2.73 bits per heavy atom. The van der Waals surface area contributed by atoms with Crippen LogP contribution >= 0.6 is 0 Å². The van der Waals surface area contributed by atoms with E-state index in [0.717, 1.165) is 31.6 Å². The number of ether oxygens (including phenoxy) is 2. The van der Waals surface area contributed by atoms with Gasteiger partial charge in [0.1, 0.15) is 5.82 Å². The number of carbonyl (C=O) groups is 2. The summed E-state index contributed by atoms with van der Waals surface area (Å²) in [6, 6.07) is 2.69. The first kappa shape index (κ1) is 17.8. The van der Waals surface area contributed by atoms with Crippen molar-refractivity contribution in [1.29, 1.82) is 0 Å². The standard InChI is InChI=1S/C18H21N3O5/c1-25-14-8-11(18(23)24)7-13(17(14)26-2)20-16(22)9-12-10-21-6-4-3-5-15(21)19-12/h7-8,10H,3-6,9H2,1-2H3,(H,20,22)(H,23,24). The Kier molecular flexibility index (Phi) is 5.11. The Hall–Kier alpha value is -3.03. The van der Waals surface area contributed by atoms with Crippen molar-refractivity contribution in [3.63, 3.8) is 0 Å². The van der Waals surface area contributed by atoms with Crippen LogP contribution in [0.4, 0.5) is 5.69 Å². The second-order valence-electron chi connectivity index (χ2n) is 6.09. The summed E-state index contributed by atoms with van der Waals surface area (Å²) < 4.78 is 12.5. The molecule has 2 heterocycles. The number of aromatic nitrogens is 2. The minimum atomic E-state index is -1.12.